The molecule has 0 radical (unpaired) electrons. The molecule has 0 bridgehead atoms. The molecule has 1 amide bonds. The molecule has 0 spiro atoms. The Bertz CT molecular complexity index is 985. The van der Waals surface area contributed by atoms with Crippen molar-refractivity contribution in [3.8, 4) is 0 Å². The number of aliphatic hydroxyl groups excluding tert-OH is 1. The molecule has 2 aromatic rings. The second kappa shape index (κ2) is 8.57. The number of benzene rings is 2. The molecule has 29 heavy (non-hydrogen) atoms. The number of ketones is 1. The van der Waals surface area contributed by atoms with E-state index in [1.807, 2.05) is 0 Å². The van der Waals surface area contributed by atoms with Gasteiger partial charge in [0, 0.05) is 23.0 Å². The lowest BCUT2D eigenvalue weighted by Crippen LogP contribution is -2.31. The van der Waals surface area contributed by atoms with Gasteiger partial charge in [0.05, 0.1) is 11.6 Å². The first-order chi connectivity index (χ1) is 13.8. The van der Waals surface area contributed by atoms with Gasteiger partial charge in [-0.3, -0.25) is 14.4 Å². The molecule has 3 rings (SSSR count). The monoisotopic (exact) mass is 461 g/mol. The van der Waals surface area contributed by atoms with Crippen LogP contribution in [0.15, 0.2) is 58.6 Å². The summed E-state index contributed by atoms with van der Waals surface area (Å²) in [6.45, 7) is 0.00995. The average Bonchev–Trinajstić information content (AvgIpc) is 2.93. The Morgan fingerprint density at radius 3 is 2.24 bits per heavy atom. The highest BCUT2D eigenvalue weighted by atomic mass is 79.9. The number of aliphatic hydroxyl groups is 1. The van der Waals surface area contributed by atoms with Gasteiger partial charge < -0.3 is 15.1 Å². The Hall–Kier alpha value is -3.00. The van der Waals surface area contributed by atoms with Crippen molar-refractivity contribution >= 4 is 39.3 Å². The molecule has 1 aliphatic rings. The van der Waals surface area contributed by atoms with Gasteiger partial charge in [0.1, 0.15) is 11.6 Å². The normalized spacial score (nSPS) is 18.3. The molecule has 2 N–H and O–H groups in total. The highest BCUT2D eigenvalue weighted by Crippen LogP contribution is 2.39. The number of hydrogen-bond donors (Lipinski definition) is 2. The second-order valence-corrected chi connectivity index (χ2v) is 7.46. The first-order valence-corrected chi connectivity index (χ1v) is 9.60. The standard InChI is InChI=1S/C21H17BrFNO5/c22-14-7-3-13(4-8-14)19(27)17-18(12-5-9-15(23)10-6-12)24(21(29)20(17)28)11-1-2-16(25)26/h3-10,18,27H,1-2,11H2,(H,25,26)/t18-/m1/s1. The molecule has 0 aliphatic carbocycles. The SMILES string of the molecule is O=C(O)CCCN1C(=O)C(=O)C(=C(O)c2ccc(Br)cc2)[C@H]1c1ccc(F)cc1. The zero-order chi connectivity index (χ0) is 21.1. The summed E-state index contributed by atoms with van der Waals surface area (Å²) in [7, 11) is 0. The zero-order valence-corrected chi connectivity index (χ0v) is 16.7. The number of carboxylic acid groups (broad SMARTS) is 1. The minimum atomic E-state index is -1.02. The third kappa shape index (κ3) is 4.37. The number of nitrogens with zero attached hydrogens (tertiary/aromatic N) is 1. The molecule has 1 aliphatic heterocycles. The number of carboxylic acids is 1. The summed E-state index contributed by atoms with van der Waals surface area (Å²) in [5, 5.41) is 19.7. The van der Waals surface area contributed by atoms with Gasteiger partial charge in [-0.15, -0.1) is 0 Å². The van der Waals surface area contributed by atoms with Gasteiger partial charge in [0.2, 0.25) is 0 Å². The smallest absolute Gasteiger partial charge is 0.303 e. The number of rotatable bonds is 6. The van der Waals surface area contributed by atoms with E-state index in [-0.39, 0.29) is 30.7 Å². The van der Waals surface area contributed by atoms with E-state index < -0.39 is 29.5 Å². The molecular formula is C21H17BrFNO5. The van der Waals surface area contributed by atoms with Crippen LogP contribution in [-0.4, -0.2) is 39.3 Å². The molecule has 1 heterocycles. The predicted octanol–water partition coefficient (Wildman–Crippen LogP) is 3.87. The minimum absolute atomic E-state index is 0.00995. The summed E-state index contributed by atoms with van der Waals surface area (Å²) >= 11 is 3.29. The third-order valence-corrected chi connectivity index (χ3v) is 5.16. The fourth-order valence-corrected chi connectivity index (χ4v) is 3.53. The number of halogens is 2. The lowest BCUT2D eigenvalue weighted by molar-refractivity contribution is -0.140. The summed E-state index contributed by atoms with van der Waals surface area (Å²) in [6.07, 6.45) is -0.0375. The maximum Gasteiger partial charge on any atom is 0.303 e. The Balaban J connectivity index is 2.08. The van der Waals surface area contributed by atoms with Gasteiger partial charge in [-0.05, 0) is 36.2 Å². The highest BCUT2D eigenvalue weighted by Gasteiger charge is 2.45. The number of Topliss-reactive ketones (excluding diaryl/α,β-unsaturated/α-hetero) is 1. The van der Waals surface area contributed by atoms with E-state index in [1.54, 1.807) is 24.3 Å². The van der Waals surface area contributed by atoms with E-state index in [4.69, 9.17) is 5.11 Å². The summed E-state index contributed by atoms with van der Waals surface area (Å²) in [6, 6.07) is 10.9. The number of carbonyl (C=O) groups is 3. The van der Waals surface area contributed by atoms with Crippen molar-refractivity contribution in [3.05, 3.63) is 75.5 Å². The first-order valence-electron chi connectivity index (χ1n) is 8.81. The van der Waals surface area contributed by atoms with E-state index in [9.17, 15) is 23.9 Å². The van der Waals surface area contributed by atoms with E-state index in [0.29, 0.717) is 11.1 Å². The van der Waals surface area contributed by atoms with E-state index >= 15 is 0 Å². The van der Waals surface area contributed by atoms with Crippen LogP contribution in [0.5, 0.6) is 0 Å². The Morgan fingerprint density at radius 2 is 1.66 bits per heavy atom. The van der Waals surface area contributed by atoms with Gasteiger partial charge in [-0.2, -0.15) is 0 Å². The van der Waals surface area contributed by atoms with Crippen LogP contribution >= 0.6 is 15.9 Å². The van der Waals surface area contributed by atoms with Crippen LogP contribution < -0.4 is 0 Å². The van der Waals surface area contributed by atoms with Gasteiger partial charge in [-0.25, -0.2) is 4.39 Å². The molecule has 0 unspecified atom stereocenters. The number of likely N-dealkylation sites (tertiary alicyclic amines) is 1. The van der Waals surface area contributed by atoms with Crippen LogP contribution in [0.2, 0.25) is 0 Å². The van der Waals surface area contributed by atoms with Crippen LogP contribution in [0.4, 0.5) is 4.39 Å². The van der Waals surface area contributed by atoms with E-state index in [2.05, 4.69) is 15.9 Å². The number of hydrogen-bond acceptors (Lipinski definition) is 4. The fraction of sp³-hybridized carbons (Fsp3) is 0.190. The Morgan fingerprint density at radius 1 is 1.03 bits per heavy atom. The Kier molecular flexibility index (Phi) is 6.12. The zero-order valence-electron chi connectivity index (χ0n) is 15.1. The van der Waals surface area contributed by atoms with E-state index in [0.717, 1.165) is 4.47 Å². The molecule has 2 aromatic carbocycles. The van der Waals surface area contributed by atoms with Crippen LogP contribution in [-0.2, 0) is 14.4 Å². The molecule has 8 heteroatoms. The fourth-order valence-electron chi connectivity index (χ4n) is 3.27. The Labute approximate surface area is 174 Å². The van der Waals surface area contributed by atoms with Crippen LogP contribution in [0.3, 0.4) is 0 Å². The maximum absolute atomic E-state index is 13.4. The highest BCUT2D eigenvalue weighted by molar-refractivity contribution is 9.10. The predicted molar refractivity (Wildman–Crippen MR) is 106 cm³/mol. The number of carbonyl (C=O) groups excluding carboxylic acids is 2. The number of aliphatic carboxylic acids is 1. The molecule has 6 nitrogen and oxygen atoms in total. The quantitative estimate of drug-likeness (QED) is 0.386. The van der Waals surface area contributed by atoms with Gasteiger partial charge in [-0.1, -0.05) is 40.2 Å². The number of amides is 1. The molecule has 1 atom stereocenters. The molecule has 0 saturated carbocycles. The van der Waals surface area contributed by atoms with Crippen LogP contribution in [0.25, 0.3) is 5.76 Å². The topological polar surface area (TPSA) is 94.9 Å². The van der Waals surface area contributed by atoms with Gasteiger partial charge >= 0.3 is 5.97 Å². The van der Waals surface area contributed by atoms with Gasteiger partial charge in [0.25, 0.3) is 11.7 Å². The lowest BCUT2D eigenvalue weighted by Gasteiger charge is -2.25. The molecule has 0 aromatic heterocycles. The first kappa shape index (κ1) is 20.7. The van der Waals surface area contributed by atoms with Crippen molar-refractivity contribution in [2.45, 2.75) is 18.9 Å². The van der Waals surface area contributed by atoms with Crippen molar-refractivity contribution in [2.75, 3.05) is 6.54 Å². The van der Waals surface area contributed by atoms with Crippen LogP contribution in [0.1, 0.15) is 30.0 Å². The molecule has 150 valence electrons. The molecule has 1 saturated heterocycles. The van der Waals surface area contributed by atoms with Crippen molar-refractivity contribution in [3.63, 3.8) is 0 Å². The lowest BCUT2D eigenvalue weighted by atomic mass is 9.95. The van der Waals surface area contributed by atoms with Crippen molar-refractivity contribution in [2.24, 2.45) is 0 Å². The molecule has 1 fully saturated rings. The maximum atomic E-state index is 13.4. The van der Waals surface area contributed by atoms with Crippen LogP contribution in [0, 0.1) is 5.82 Å². The molecular weight excluding hydrogens is 445 g/mol. The van der Waals surface area contributed by atoms with Crippen molar-refractivity contribution < 1.29 is 29.0 Å². The van der Waals surface area contributed by atoms with Gasteiger partial charge in [0.15, 0.2) is 0 Å². The third-order valence-electron chi connectivity index (χ3n) is 4.63. The second-order valence-electron chi connectivity index (χ2n) is 6.55. The largest absolute Gasteiger partial charge is 0.507 e. The summed E-state index contributed by atoms with van der Waals surface area (Å²) in [4.78, 5) is 37.4. The average molecular weight is 462 g/mol. The van der Waals surface area contributed by atoms with Crippen molar-refractivity contribution in [1.82, 2.24) is 4.90 Å². The van der Waals surface area contributed by atoms with E-state index in [1.165, 1.54) is 29.2 Å². The van der Waals surface area contributed by atoms with Crippen molar-refractivity contribution in [1.29, 1.82) is 0 Å². The summed E-state index contributed by atoms with van der Waals surface area (Å²) < 4.78 is 14.2. The summed E-state index contributed by atoms with van der Waals surface area (Å²) in [5.41, 5.74) is 0.683. The minimum Gasteiger partial charge on any atom is -0.507 e. The summed E-state index contributed by atoms with van der Waals surface area (Å²) in [5.74, 6) is -3.54.